The Kier molecular flexibility index (Phi) is 9.62. The van der Waals surface area contributed by atoms with Crippen molar-refractivity contribution in [2.75, 3.05) is 6.61 Å². The Morgan fingerprint density at radius 3 is 2.29 bits per heavy atom. The molecule has 0 aromatic heterocycles. The lowest BCUT2D eigenvalue weighted by atomic mass is 10.2. The number of carbonyl (C=O) groups excluding carboxylic acids is 1. The maximum Gasteiger partial charge on any atom is 0.271 e. The van der Waals surface area contributed by atoms with Gasteiger partial charge in [0.15, 0.2) is 11.5 Å². The summed E-state index contributed by atoms with van der Waals surface area (Å²) in [7, 11) is 0. The molecule has 4 aromatic carbocycles. The number of nitrogens with one attached hydrogen (secondary N) is 1. The van der Waals surface area contributed by atoms with Crippen LogP contribution in [0.15, 0.2) is 96.1 Å². The van der Waals surface area contributed by atoms with Gasteiger partial charge in [-0.1, -0.05) is 71.7 Å². The van der Waals surface area contributed by atoms with Crippen molar-refractivity contribution in [2.24, 2.45) is 5.10 Å². The summed E-state index contributed by atoms with van der Waals surface area (Å²) in [5, 5.41) is 5.10. The second-order valence-corrected chi connectivity index (χ2v) is 8.95. The average molecular weight is 549 g/mol. The molecule has 1 N–H and O–H groups in total. The molecule has 0 heterocycles. The van der Waals surface area contributed by atoms with Crippen LogP contribution in [-0.2, 0) is 13.2 Å². The molecule has 0 atom stereocenters. The van der Waals surface area contributed by atoms with Gasteiger partial charge in [0.05, 0.1) is 17.8 Å². The lowest BCUT2D eigenvalue weighted by Gasteiger charge is -2.13. The summed E-state index contributed by atoms with van der Waals surface area (Å²) in [6.07, 6.45) is 1.50. The minimum atomic E-state index is -0.386. The Morgan fingerprint density at radius 2 is 1.53 bits per heavy atom. The van der Waals surface area contributed by atoms with Crippen molar-refractivity contribution < 1.29 is 19.0 Å². The Labute approximate surface area is 231 Å². The molecule has 194 valence electrons. The van der Waals surface area contributed by atoms with Gasteiger partial charge in [-0.25, -0.2) is 5.43 Å². The fourth-order valence-electron chi connectivity index (χ4n) is 3.49. The standard InChI is InChI=1S/C30H26Cl2N2O4/c1-2-36-29-17-23(13-15-28(29)37-19-21-8-4-3-5-9-21)30(35)34-33-18-22-12-14-27(26(32)16-22)38-20-24-10-6-7-11-25(24)31/h3-18H,2,19-20H2,1H3,(H,34,35)/b33-18+. The molecule has 0 aliphatic heterocycles. The summed E-state index contributed by atoms with van der Waals surface area (Å²) in [4.78, 5) is 12.7. The zero-order chi connectivity index (χ0) is 26.7. The van der Waals surface area contributed by atoms with E-state index < -0.39 is 0 Å². The fraction of sp³-hybridized carbons (Fsp3) is 0.133. The van der Waals surface area contributed by atoms with Crippen LogP contribution in [0.4, 0.5) is 0 Å². The van der Waals surface area contributed by atoms with E-state index in [1.165, 1.54) is 6.21 Å². The zero-order valence-corrected chi connectivity index (χ0v) is 22.2. The van der Waals surface area contributed by atoms with Crippen LogP contribution in [-0.4, -0.2) is 18.7 Å². The fourth-order valence-corrected chi connectivity index (χ4v) is 3.92. The molecule has 0 radical (unpaired) electrons. The molecular formula is C30H26Cl2N2O4. The van der Waals surface area contributed by atoms with Crippen molar-refractivity contribution in [3.05, 3.63) is 123 Å². The van der Waals surface area contributed by atoms with Gasteiger partial charge in [0.25, 0.3) is 5.91 Å². The van der Waals surface area contributed by atoms with Crippen LogP contribution in [0.2, 0.25) is 10.0 Å². The van der Waals surface area contributed by atoms with Crippen molar-refractivity contribution in [3.63, 3.8) is 0 Å². The SMILES string of the molecule is CCOc1cc(C(=O)N/N=C/c2ccc(OCc3ccccc3Cl)c(Cl)c2)ccc1OCc1ccccc1. The summed E-state index contributed by atoms with van der Waals surface area (Å²) in [6.45, 7) is 2.99. The molecule has 0 aliphatic rings. The van der Waals surface area contributed by atoms with E-state index in [4.69, 9.17) is 37.4 Å². The molecule has 0 spiro atoms. The van der Waals surface area contributed by atoms with E-state index >= 15 is 0 Å². The molecule has 0 saturated carbocycles. The van der Waals surface area contributed by atoms with E-state index in [0.29, 0.717) is 58.2 Å². The maximum absolute atomic E-state index is 12.7. The first-order chi connectivity index (χ1) is 18.5. The van der Waals surface area contributed by atoms with E-state index in [-0.39, 0.29) is 5.91 Å². The van der Waals surface area contributed by atoms with Gasteiger partial charge in [-0.2, -0.15) is 5.10 Å². The summed E-state index contributed by atoms with van der Waals surface area (Å²) in [6, 6.07) is 27.5. The quantitative estimate of drug-likeness (QED) is 0.157. The number of benzene rings is 4. The second kappa shape index (κ2) is 13.5. The molecule has 6 nitrogen and oxygen atoms in total. The average Bonchev–Trinajstić information content (AvgIpc) is 2.93. The van der Waals surface area contributed by atoms with Gasteiger partial charge < -0.3 is 14.2 Å². The highest BCUT2D eigenvalue weighted by Crippen LogP contribution is 2.30. The van der Waals surface area contributed by atoms with Gasteiger partial charge in [-0.15, -0.1) is 0 Å². The number of hydrogen-bond acceptors (Lipinski definition) is 5. The molecule has 0 fully saturated rings. The third-order valence-electron chi connectivity index (χ3n) is 5.42. The zero-order valence-electron chi connectivity index (χ0n) is 20.7. The monoisotopic (exact) mass is 548 g/mol. The topological polar surface area (TPSA) is 69.2 Å². The molecule has 0 saturated heterocycles. The number of rotatable bonds is 11. The second-order valence-electron chi connectivity index (χ2n) is 8.14. The summed E-state index contributed by atoms with van der Waals surface area (Å²) >= 11 is 12.5. The molecule has 0 bridgehead atoms. The van der Waals surface area contributed by atoms with Gasteiger partial charge in [-0.3, -0.25) is 4.79 Å². The maximum atomic E-state index is 12.7. The third kappa shape index (κ3) is 7.51. The number of hydrazone groups is 1. The van der Waals surface area contributed by atoms with Crippen LogP contribution < -0.4 is 19.6 Å². The van der Waals surface area contributed by atoms with Gasteiger partial charge >= 0.3 is 0 Å². The molecule has 8 heteroatoms. The minimum Gasteiger partial charge on any atom is -0.490 e. The largest absolute Gasteiger partial charge is 0.490 e. The number of halogens is 2. The van der Waals surface area contributed by atoms with E-state index in [0.717, 1.165) is 11.1 Å². The van der Waals surface area contributed by atoms with E-state index in [9.17, 15) is 4.79 Å². The predicted molar refractivity (Wildman–Crippen MR) is 151 cm³/mol. The van der Waals surface area contributed by atoms with Crippen molar-refractivity contribution in [1.82, 2.24) is 5.43 Å². The number of ether oxygens (including phenoxy) is 3. The Hall–Kier alpha value is -4.00. The number of hydrogen-bond donors (Lipinski definition) is 1. The first-order valence-electron chi connectivity index (χ1n) is 12.0. The van der Waals surface area contributed by atoms with Gasteiger partial charge in [0, 0.05) is 16.1 Å². The number of nitrogens with zero attached hydrogens (tertiary/aromatic N) is 1. The predicted octanol–water partition coefficient (Wildman–Crippen LogP) is 7.31. The van der Waals surface area contributed by atoms with Crippen molar-refractivity contribution in [1.29, 1.82) is 0 Å². The van der Waals surface area contributed by atoms with Crippen LogP contribution in [0, 0.1) is 0 Å². The Bertz CT molecular complexity index is 1410. The van der Waals surface area contributed by atoms with Crippen LogP contribution in [0.3, 0.4) is 0 Å². The van der Waals surface area contributed by atoms with Crippen LogP contribution >= 0.6 is 23.2 Å². The van der Waals surface area contributed by atoms with Gasteiger partial charge in [0.2, 0.25) is 0 Å². The van der Waals surface area contributed by atoms with Gasteiger partial charge in [0.1, 0.15) is 19.0 Å². The summed E-state index contributed by atoms with van der Waals surface area (Å²) in [5.74, 6) is 1.18. The van der Waals surface area contributed by atoms with E-state index in [1.807, 2.05) is 61.5 Å². The highest BCUT2D eigenvalue weighted by Gasteiger charge is 2.12. The Morgan fingerprint density at radius 1 is 0.789 bits per heavy atom. The third-order valence-corrected chi connectivity index (χ3v) is 6.08. The molecule has 4 rings (SSSR count). The van der Waals surface area contributed by atoms with Crippen molar-refractivity contribution in [2.45, 2.75) is 20.1 Å². The molecule has 38 heavy (non-hydrogen) atoms. The first-order valence-corrected chi connectivity index (χ1v) is 12.7. The molecule has 0 unspecified atom stereocenters. The van der Waals surface area contributed by atoms with Crippen molar-refractivity contribution >= 4 is 35.3 Å². The van der Waals surface area contributed by atoms with Crippen LogP contribution in [0.5, 0.6) is 17.2 Å². The summed E-state index contributed by atoms with van der Waals surface area (Å²) < 4.78 is 17.4. The molecular weight excluding hydrogens is 523 g/mol. The number of carbonyl (C=O) groups is 1. The van der Waals surface area contributed by atoms with E-state index in [1.54, 1.807) is 36.4 Å². The molecule has 4 aromatic rings. The normalized spacial score (nSPS) is 10.8. The summed E-state index contributed by atoms with van der Waals surface area (Å²) in [5.41, 5.74) is 5.51. The smallest absolute Gasteiger partial charge is 0.271 e. The van der Waals surface area contributed by atoms with Crippen LogP contribution in [0.1, 0.15) is 34.0 Å². The Balaban J connectivity index is 1.35. The molecule has 0 aliphatic carbocycles. The van der Waals surface area contributed by atoms with Crippen molar-refractivity contribution in [3.8, 4) is 17.2 Å². The lowest BCUT2D eigenvalue weighted by molar-refractivity contribution is 0.0954. The highest BCUT2D eigenvalue weighted by molar-refractivity contribution is 6.32. The van der Waals surface area contributed by atoms with Gasteiger partial charge in [-0.05, 0) is 60.5 Å². The number of amides is 1. The molecule has 1 amide bonds. The lowest BCUT2D eigenvalue weighted by Crippen LogP contribution is -2.17. The first kappa shape index (κ1) is 27.0. The van der Waals surface area contributed by atoms with E-state index in [2.05, 4.69) is 10.5 Å². The van der Waals surface area contributed by atoms with Crippen LogP contribution in [0.25, 0.3) is 0 Å². The minimum absolute atomic E-state index is 0.294. The highest BCUT2D eigenvalue weighted by atomic mass is 35.5.